The number of fused-ring (bicyclic) bond motifs is 1. The first-order valence-electron chi connectivity index (χ1n) is 10.3. The van der Waals surface area contributed by atoms with Gasteiger partial charge in [0, 0.05) is 42.3 Å². The van der Waals surface area contributed by atoms with Crippen molar-refractivity contribution in [3.8, 4) is 0 Å². The van der Waals surface area contributed by atoms with Gasteiger partial charge < -0.3 is 10.2 Å². The second-order valence-electron chi connectivity index (χ2n) is 7.78. The van der Waals surface area contributed by atoms with Gasteiger partial charge in [0.05, 0.1) is 11.3 Å². The molecule has 164 valence electrons. The van der Waals surface area contributed by atoms with Crippen LogP contribution in [0.5, 0.6) is 0 Å². The predicted molar refractivity (Wildman–Crippen MR) is 131 cm³/mol. The Balaban J connectivity index is 1.93. The number of carbonyl (C=O) groups is 1. The van der Waals surface area contributed by atoms with Crippen LogP contribution in [0.25, 0.3) is 11.1 Å². The molecule has 0 unspecified atom stereocenters. The van der Waals surface area contributed by atoms with Gasteiger partial charge in [-0.25, -0.2) is 8.42 Å². The summed E-state index contributed by atoms with van der Waals surface area (Å²) >= 11 is 0. The third-order valence-corrected chi connectivity index (χ3v) is 6.71. The lowest BCUT2D eigenvalue weighted by Crippen LogP contribution is -2.14. The van der Waals surface area contributed by atoms with Crippen molar-refractivity contribution in [2.75, 3.05) is 34.8 Å². The van der Waals surface area contributed by atoms with Crippen molar-refractivity contribution in [1.82, 2.24) is 0 Å². The highest BCUT2D eigenvalue weighted by Crippen LogP contribution is 2.41. The van der Waals surface area contributed by atoms with E-state index in [1.807, 2.05) is 73.6 Å². The Bertz CT molecular complexity index is 1300. The Morgan fingerprint density at radius 1 is 0.938 bits per heavy atom. The van der Waals surface area contributed by atoms with Gasteiger partial charge in [-0.15, -0.1) is 0 Å². The van der Waals surface area contributed by atoms with E-state index in [1.165, 1.54) is 0 Å². The molecule has 1 heterocycles. The molecule has 0 spiro atoms. The maximum atomic E-state index is 13.1. The fraction of sp³-hybridized carbons (Fsp3) is 0.160. The van der Waals surface area contributed by atoms with Gasteiger partial charge in [-0.05, 0) is 48.4 Å². The average Bonchev–Trinajstić information content (AvgIpc) is 3.10. The van der Waals surface area contributed by atoms with E-state index in [-0.39, 0.29) is 11.7 Å². The highest BCUT2D eigenvalue weighted by molar-refractivity contribution is 7.92. The molecule has 1 aliphatic rings. The van der Waals surface area contributed by atoms with E-state index < -0.39 is 10.0 Å². The Hall–Kier alpha value is -3.58. The molecular formula is C25H25N3O3S. The highest BCUT2D eigenvalue weighted by atomic mass is 32.2. The third-order valence-electron chi connectivity index (χ3n) is 5.40. The Morgan fingerprint density at radius 2 is 1.59 bits per heavy atom. The summed E-state index contributed by atoms with van der Waals surface area (Å²) in [6.07, 6.45) is 0. The number of sulfonamides is 1. The number of nitrogens with one attached hydrogen (secondary N) is 2. The largest absolute Gasteiger partial charge is 0.378 e. The van der Waals surface area contributed by atoms with E-state index in [0.29, 0.717) is 22.5 Å². The summed E-state index contributed by atoms with van der Waals surface area (Å²) in [5.41, 5.74) is 5.92. The molecule has 0 saturated heterocycles. The van der Waals surface area contributed by atoms with Gasteiger partial charge in [0.25, 0.3) is 5.91 Å². The van der Waals surface area contributed by atoms with Crippen LogP contribution in [0.4, 0.5) is 17.1 Å². The number of amides is 1. The lowest BCUT2D eigenvalue weighted by atomic mass is 9.90. The molecule has 7 heteroatoms. The molecule has 4 rings (SSSR count). The van der Waals surface area contributed by atoms with Gasteiger partial charge in [0.15, 0.2) is 0 Å². The van der Waals surface area contributed by atoms with Crippen LogP contribution in [-0.4, -0.2) is 34.2 Å². The summed E-state index contributed by atoms with van der Waals surface area (Å²) in [4.78, 5) is 15.1. The normalized spacial score (nSPS) is 14.5. The number of anilines is 3. The van der Waals surface area contributed by atoms with Crippen LogP contribution in [0.1, 0.15) is 23.6 Å². The van der Waals surface area contributed by atoms with Crippen molar-refractivity contribution in [3.63, 3.8) is 0 Å². The number of hydrogen-bond acceptors (Lipinski definition) is 4. The first-order chi connectivity index (χ1) is 15.3. The van der Waals surface area contributed by atoms with Crippen LogP contribution in [0.2, 0.25) is 0 Å². The number of nitrogens with zero attached hydrogens (tertiary/aromatic N) is 1. The maximum Gasteiger partial charge on any atom is 0.257 e. The van der Waals surface area contributed by atoms with Gasteiger partial charge in [-0.3, -0.25) is 9.52 Å². The van der Waals surface area contributed by atoms with E-state index in [0.717, 1.165) is 22.4 Å². The van der Waals surface area contributed by atoms with Crippen LogP contribution in [0.15, 0.2) is 72.8 Å². The molecule has 2 N–H and O–H groups in total. The van der Waals surface area contributed by atoms with Crippen molar-refractivity contribution in [2.45, 2.75) is 6.92 Å². The standard InChI is InChI=1S/C25H25N3O3S/c1-4-32(30,31)27-19-12-15-22-21(16-19)24(25(29)26-22)23(17-8-6-5-7-9-17)18-10-13-20(14-11-18)28(2)3/h5-16,27H,4H2,1-3H3,(H,26,29)/b24-23-. The summed E-state index contributed by atoms with van der Waals surface area (Å²) < 4.78 is 26.7. The fourth-order valence-corrected chi connectivity index (χ4v) is 4.35. The van der Waals surface area contributed by atoms with Crippen molar-refractivity contribution < 1.29 is 13.2 Å². The second kappa shape index (κ2) is 8.51. The van der Waals surface area contributed by atoms with Gasteiger partial charge in [-0.1, -0.05) is 42.5 Å². The topological polar surface area (TPSA) is 78.5 Å². The van der Waals surface area contributed by atoms with E-state index in [4.69, 9.17) is 0 Å². The zero-order chi connectivity index (χ0) is 22.9. The minimum Gasteiger partial charge on any atom is -0.378 e. The molecule has 32 heavy (non-hydrogen) atoms. The number of carbonyl (C=O) groups excluding carboxylic acids is 1. The Labute approximate surface area is 188 Å². The zero-order valence-corrected chi connectivity index (χ0v) is 19.0. The first kappa shape index (κ1) is 21.6. The van der Waals surface area contributed by atoms with Crippen LogP contribution >= 0.6 is 0 Å². The maximum absolute atomic E-state index is 13.1. The molecule has 1 aliphatic heterocycles. The van der Waals surface area contributed by atoms with Crippen LogP contribution in [0, 0.1) is 0 Å². The highest BCUT2D eigenvalue weighted by Gasteiger charge is 2.29. The van der Waals surface area contributed by atoms with Crippen LogP contribution < -0.4 is 14.9 Å². The molecule has 1 amide bonds. The monoisotopic (exact) mass is 447 g/mol. The molecule has 6 nitrogen and oxygen atoms in total. The summed E-state index contributed by atoms with van der Waals surface area (Å²) in [5, 5.41) is 2.92. The third kappa shape index (κ3) is 4.24. The average molecular weight is 448 g/mol. The van der Waals surface area contributed by atoms with E-state index >= 15 is 0 Å². The Kier molecular flexibility index (Phi) is 5.76. The summed E-state index contributed by atoms with van der Waals surface area (Å²) in [7, 11) is 0.520. The summed E-state index contributed by atoms with van der Waals surface area (Å²) in [6, 6.07) is 22.9. The molecule has 0 aromatic heterocycles. The van der Waals surface area contributed by atoms with Gasteiger partial charge in [0.2, 0.25) is 10.0 Å². The molecule has 0 bridgehead atoms. The lowest BCUT2D eigenvalue weighted by Gasteiger charge is -2.16. The van der Waals surface area contributed by atoms with E-state index in [9.17, 15) is 13.2 Å². The summed E-state index contributed by atoms with van der Waals surface area (Å²) in [5.74, 6) is -0.247. The van der Waals surface area contributed by atoms with Gasteiger partial charge in [-0.2, -0.15) is 0 Å². The van der Waals surface area contributed by atoms with Crippen LogP contribution in [0.3, 0.4) is 0 Å². The molecule has 0 fully saturated rings. The quantitative estimate of drug-likeness (QED) is 0.548. The summed E-state index contributed by atoms with van der Waals surface area (Å²) in [6.45, 7) is 1.58. The fourth-order valence-electron chi connectivity index (χ4n) is 3.72. The predicted octanol–water partition coefficient (Wildman–Crippen LogP) is 4.43. The van der Waals surface area contributed by atoms with Crippen molar-refractivity contribution in [2.24, 2.45) is 0 Å². The number of hydrogen-bond donors (Lipinski definition) is 2. The van der Waals surface area contributed by atoms with Crippen LogP contribution in [-0.2, 0) is 14.8 Å². The number of rotatable bonds is 6. The smallest absolute Gasteiger partial charge is 0.257 e. The Morgan fingerprint density at radius 3 is 2.22 bits per heavy atom. The minimum absolute atomic E-state index is 0.0303. The number of benzene rings is 3. The zero-order valence-electron chi connectivity index (χ0n) is 18.2. The van der Waals surface area contributed by atoms with E-state index in [1.54, 1.807) is 25.1 Å². The molecule has 0 aliphatic carbocycles. The SMILES string of the molecule is CCS(=O)(=O)Nc1ccc2c(c1)/C(=C(\c1ccccc1)c1ccc(N(C)C)cc1)C(=O)N2. The molecular weight excluding hydrogens is 422 g/mol. The molecule has 3 aromatic carbocycles. The van der Waals surface area contributed by atoms with Gasteiger partial charge >= 0.3 is 0 Å². The molecule has 0 atom stereocenters. The van der Waals surface area contributed by atoms with Crippen molar-refractivity contribution >= 4 is 44.1 Å². The first-order valence-corrected chi connectivity index (χ1v) is 12.0. The van der Waals surface area contributed by atoms with E-state index in [2.05, 4.69) is 10.0 Å². The second-order valence-corrected chi connectivity index (χ2v) is 9.79. The molecule has 0 saturated carbocycles. The molecule has 0 radical (unpaired) electrons. The van der Waals surface area contributed by atoms with Crippen molar-refractivity contribution in [3.05, 3.63) is 89.5 Å². The minimum atomic E-state index is -3.43. The lowest BCUT2D eigenvalue weighted by molar-refractivity contribution is -0.110. The van der Waals surface area contributed by atoms with Gasteiger partial charge in [0.1, 0.15) is 0 Å². The molecule has 3 aromatic rings. The van der Waals surface area contributed by atoms with Crippen molar-refractivity contribution in [1.29, 1.82) is 0 Å².